The van der Waals surface area contributed by atoms with E-state index in [4.69, 9.17) is 16.0 Å². The van der Waals surface area contributed by atoms with Gasteiger partial charge in [0.2, 0.25) is 0 Å². The van der Waals surface area contributed by atoms with Crippen LogP contribution in [0.5, 0.6) is 0 Å². The summed E-state index contributed by atoms with van der Waals surface area (Å²) in [4.78, 5) is 8.16. The highest BCUT2D eigenvalue weighted by Crippen LogP contribution is 2.29. The fourth-order valence-electron chi connectivity index (χ4n) is 2.08. The van der Waals surface area contributed by atoms with E-state index in [0.29, 0.717) is 23.3 Å². The summed E-state index contributed by atoms with van der Waals surface area (Å²) in [7, 11) is 0. The van der Waals surface area contributed by atoms with Crippen molar-refractivity contribution in [1.29, 1.82) is 0 Å². The SMILES string of the molecule is C[S+]([O-])CCNc1ccc(-c2ccc3ncnc(Cl)c3c2)o1. The Morgan fingerprint density at radius 3 is 2.95 bits per heavy atom. The summed E-state index contributed by atoms with van der Waals surface area (Å²) in [6, 6.07) is 9.44. The molecule has 0 aliphatic rings. The van der Waals surface area contributed by atoms with Crippen molar-refractivity contribution in [1.82, 2.24) is 9.97 Å². The van der Waals surface area contributed by atoms with Crippen LogP contribution in [0.1, 0.15) is 0 Å². The van der Waals surface area contributed by atoms with E-state index in [0.717, 1.165) is 22.2 Å². The molecule has 0 fully saturated rings. The van der Waals surface area contributed by atoms with E-state index >= 15 is 0 Å². The lowest BCUT2D eigenvalue weighted by molar-refractivity contribution is 0.591. The van der Waals surface area contributed by atoms with E-state index in [-0.39, 0.29) is 0 Å². The van der Waals surface area contributed by atoms with Gasteiger partial charge in [-0.2, -0.15) is 0 Å². The Kier molecular flexibility index (Phi) is 4.52. The number of benzene rings is 1. The molecule has 1 aromatic carbocycles. The summed E-state index contributed by atoms with van der Waals surface area (Å²) in [6.07, 6.45) is 3.12. The lowest BCUT2D eigenvalue weighted by atomic mass is 10.1. The molecule has 114 valence electrons. The zero-order chi connectivity index (χ0) is 15.5. The van der Waals surface area contributed by atoms with Gasteiger partial charge in [0.1, 0.15) is 23.0 Å². The van der Waals surface area contributed by atoms with Crippen molar-refractivity contribution < 1.29 is 8.97 Å². The number of furan rings is 1. The molecule has 1 unspecified atom stereocenters. The Hall–Kier alpha value is -1.76. The predicted molar refractivity (Wildman–Crippen MR) is 89.7 cm³/mol. The second-order valence-corrected chi connectivity index (χ2v) is 6.68. The Bertz CT molecular complexity index is 791. The number of anilines is 1. The van der Waals surface area contributed by atoms with E-state index in [1.807, 2.05) is 30.3 Å². The normalized spacial score (nSPS) is 12.5. The first-order valence-corrected chi connectivity index (χ1v) is 8.78. The highest BCUT2D eigenvalue weighted by atomic mass is 35.5. The van der Waals surface area contributed by atoms with Crippen LogP contribution in [0, 0.1) is 0 Å². The van der Waals surface area contributed by atoms with E-state index in [2.05, 4.69) is 15.3 Å². The molecule has 0 radical (unpaired) electrons. The van der Waals surface area contributed by atoms with Crippen LogP contribution in [0.2, 0.25) is 5.15 Å². The number of hydrogen-bond acceptors (Lipinski definition) is 5. The lowest BCUT2D eigenvalue weighted by Gasteiger charge is -2.05. The minimum Gasteiger partial charge on any atom is -0.617 e. The molecule has 3 rings (SSSR count). The molecule has 0 spiro atoms. The standard InChI is InChI=1S/C15H14ClN3O2S/c1-22(20)7-6-17-14-5-4-13(21-14)10-2-3-12-11(8-10)15(16)19-9-18-12/h2-5,8-9,17H,6-7H2,1H3. The molecule has 7 heteroatoms. The first kappa shape index (κ1) is 15.1. The Balaban J connectivity index is 1.82. The zero-order valence-corrected chi connectivity index (χ0v) is 13.4. The monoisotopic (exact) mass is 335 g/mol. The molecular weight excluding hydrogens is 322 g/mol. The van der Waals surface area contributed by atoms with Gasteiger partial charge in [0, 0.05) is 17.0 Å². The van der Waals surface area contributed by atoms with E-state index in [1.54, 1.807) is 6.26 Å². The number of rotatable bonds is 5. The lowest BCUT2D eigenvalue weighted by Crippen LogP contribution is -2.13. The molecule has 2 aromatic heterocycles. The van der Waals surface area contributed by atoms with E-state index in [1.165, 1.54) is 6.33 Å². The Morgan fingerprint density at radius 1 is 1.27 bits per heavy atom. The van der Waals surface area contributed by atoms with Crippen LogP contribution in [0.25, 0.3) is 22.2 Å². The molecular formula is C15H14ClN3O2S. The summed E-state index contributed by atoms with van der Waals surface area (Å²) in [5.74, 6) is 1.96. The first-order valence-electron chi connectivity index (χ1n) is 6.68. The summed E-state index contributed by atoms with van der Waals surface area (Å²) < 4.78 is 16.8. The predicted octanol–water partition coefficient (Wildman–Crippen LogP) is 3.33. The van der Waals surface area contributed by atoms with Gasteiger partial charge in [-0.05, 0) is 24.3 Å². The highest BCUT2D eigenvalue weighted by Gasteiger charge is 2.08. The molecule has 1 N–H and O–H groups in total. The number of fused-ring (bicyclic) bond motifs is 1. The van der Waals surface area contributed by atoms with Gasteiger partial charge in [-0.1, -0.05) is 22.8 Å². The third kappa shape index (κ3) is 3.35. The molecule has 0 aliphatic heterocycles. The number of aromatic nitrogens is 2. The second-order valence-electron chi connectivity index (χ2n) is 4.76. The van der Waals surface area contributed by atoms with Gasteiger partial charge in [0.15, 0.2) is 5.88 Å². The summed E-state index contributed by atoms with van der Waals surface area (Å²) in [5, 5.41) is 4.31. The molecule has 0 aliphatic carbocycles. The smallest absolute Gasteiger partial charge is 0.193 e. The largest absolute Gasteiger partial charge is 0.617 e. The van der Waals surface area contributed by atoms with Gasteiger partial charge >= 0.3 is 0 Å². The molecule has 0 bridgehead atoms. The molecule has 2 heterocycles. The summed E-state index contributed by atoms with van der Waals surface area (Å²) in [5.41, 5.74) is 1.69. The van der Waals surface area contributed by atoms with E-state index < -0.39 is 11.2 Å². The van der Waals surface area contributed by atoms with Gasteiger partial charge < -0.3 is 14.3 Å². The minimum absolute atomic E-state index is 0.419. The topological polar surface area (TPSA) is 74.0 Å². The highest BCUT2D eigenvalue weighted by molar-refractivity contribution is 7.90. The average molecular weight is 336 g/mol. The molecule has 0 saturated carbocycles. The van der Waals surface area contributed by atoms with Crippen molar-refractivity contribution in [2.24, 2.45) is 0 Å². The summed E-state index contributed by atoms with van der Waals surface area (Å²) >= 11 is 5.28. The molecule has 3 aromatic rings. The molecule has 1 atom stereocenters. The van der Waals surface area contributed by atoms with Gasteiger partial charge in [-0.3, -0.25) is 0 Å². The summed E-state index contributed by atoms with van der Waals surface area (Å²) in [6.45, 7) is 0.605. The quantitative estimate of drug-likeness (QED) is 0.572. The van der Waals surface area contributed by atoms with Crippen LogP contribution in [0.15, 0.2) is 41.1 Å². The van der Waals surface area contributed by atoms with Gasteiger partial charge in [0.05, 0.1) is 18.3 Å². The van der Waals surface area contributed by atoms with Crippen LogP contribution in [-0.4, -0.2) is 33.1 Å². The maximum Gasteiger partial charge on any atom is 0.193 e. The number of halogens is 1. The van der Waals surface area contributed by atoms with Crippen molar-refractivity contribution in [2.75, 3.05) is 23.9 Å². The fraction of sp³-hybridized carbons (Fsp3) is 0.200. The van der Waals surface area contributed by atoms with Crippen molar-refractivity contribution in [3.63, 3.8) is 0 Å². The average Bonchev–Trinajstić information content (AvgIpc) is 2.96. The number of nitrogens with one attached hydrogen (secondary N) is 1. The third-order valence-corrected chi connectivity index (χ3v) is 4.25. The van der Waals surface area contributed by atoms with Crippen molar-refractivity contribution in [3.05, 3.63) is 41.8 Å². The second kappa shape index (κ2) is 6.56. The number of hydrogen-bond donors (Lipinski definition) is 1. The first-order chi connectivity index (χ1) is 10.6. The number of nitrogens with zero attached hydrogens (tertiary/aromatic N) is 2. The van der Waals surface area contributed by atoms with Crippen molar-refractivity contribution >= 4 is 39.6 Å². The van der Waals surface area contributed by atoms with Gasteiger partial charge in [-0.25, -0.2) is 9.97 Å². The van der Waals surface area contributed by atoms with Crippen LogP contribution < -0.4 is 5.32 Å². The molecule has 5 nitrogen and oxygen atoms in total. The third-order valence-electron chi connectivity index (χ3n) is 3.17. The van der Waals surface area contributed by atoms with Gasteiger partial charge in [-0.15, -0.1) is 0 Å². The van der Waals surface area contributed by atoms with Crippen molar-refractivity contribution in [3.8, 4) is 11.3 Å². The molecule has 0 amide bonds. The maximum atomic E-state index is 11.0. The van der Waals surface area contributed by atoms with Crippen LogP contribution >= 0.6 is 11.6 Å². The van der Waals surface area contributed by atoms with Crippen molar-refractivity contribution in [2.45, 2.75) is 0 Å². The zero-order valence-electron chi connectivity index (χ0n) is 11.9. The van der Waals surface area contributed by atoms with Crippen LogP contribution in [0.4, 0.5) is 5.88 Å². The Labute approximate surface area is 135 Å². The maximum absolute atomic E-state index is 11.0. The minimum atomic E-state index is -0.820. The van der Waals surface area contributed by atoms with E-state index in [9.17, 15) is 4.55 Å². The van der Waals surface area contributed by atoms with Crippen LogP contribution in [0.3, 0.4) is 0 Å². The van der Waals surface area contributed by atoms with Gasteiger partial charge in [0.25, 0.3) is 0 Å². The molecule has 0 saturated heterocycles. The molecule has 22 heavy (non-hydrogen) atoms. The van der Waals surface area contributed by atoms with Crippen LogP contribution in [-0.2, 0) is 11.2 Å². The Morgan fingerprint density at radius 2 is 2.14 bits per heavy atom. The fourth-order valence-corrected chi connectivity index (χ4v) is 2.67.